The van der Waals surface area contributed by atoms with Crippen LogP contribution in [0.1, 0.15) is 22.4 Å². The topological polar surface area (TPSA) is 57.8 Å². The van der Waals surface area contributed by atoms with Crippen molar-refractivity contribution in [2.24, 2.45) is 0 Å². The highest BCUT2D eigenvalue weighted by Gasteiger charge is 2.10. The normalized spacial score (nSPS) is 10.9. The fourth-order valence-corrected chi connectivity index (χ4v) is 2.97. The number of hydrogen-bond acceptors (Lipinski definition) is 3. The Balaban J connectivity index is 2.21. The van der Waals surface area contributed by atoms with Gasteiger partial charge in [0.05, 0.1) is 16.8 Å². The third-order valence-electron chi connectivity index (χ3n) is 3.94. The van der Waals surface area contributed by atoms with Gasteiger partial charge in [0.2, 0.25) is 0 Å². The van der Waals surface area contributed by atoms with Crippen molar-refractivity contribution in [1.82, 2.24) is 10.2 Å². The van der Waals surface area contributed by atoms with Crippen molar-refractivity contribution >= 4 is 22.1 Å². The molecule has 0 spiro atoms. The van der Waals surface area contributed by atoms with Gasteiger partial charge in [-0.1, -0.05) is 29.8 Å². The first-order valence-corrected chi connectivity index (χ1v) is 7.30. The second-order valence-electron chi connectivity index (χ2n) is 5.76. The van der Waals surface area contributed by atoms with Gasteiger partial charge in [-0.25, -0.2) is 5.10 Å². The van der Waals surface area contributed by atoms with Crippen LogP contribution in [0.5, 0.6) is 0 Å². The van der Waals surface area contributed by atoms with Gasteiger partial charge in [0.15, 0.2) is 0 Å². The van der Waals surface area contributed by atoms with Crippen LogP contribution in [0.25, 0.3) is 10.8 Å². The summed E-state index contributed by atoms with van der Waals surface area (Å²) in [6.07, 6.45) is 0. The lowest BCUT2D eigenvalue weighted by molar-refractivity contribution is 0.970. The fourth-order valence-electron chi connectivity index (χ4n) is 2.97. The van der Waals surface area contributed by atoms with Crippen molar-refractivity contribution < 1.29 is 0 Å². The van der Waals surface area contributed by atoms with Gasteiger partial charge in [0, 0.05) is 11.1 Å². The molecule has 0 saturated carbocycles. The van der Waals surface area contributed by atoms with Gasteiger partial charge < -0.3 is 5.32 Å². The van der Waals surface area contributed by atoms with E-state index < -0.39 is 0 Å². The number of fused-ring (bicyclic) bond motifs is 1. The monoisotopic (exact) mass is 293 g/mol. The molecule has 0 atom stereocenters. The Morgan fingerprint density at radius 1 is 1.05 bits per heavy atom. The van der Waals surface area contributed by atoms with E-state index >= 15 is 0 Å². The quantitative estimate of drug-likeness (QED) is 0.753. The van der Waals surface area contributed by atoms with E-state index in [0.29, 0.717) is 5.39 Å². The number of rotatable bonds is 2. The first-order chi connectivity index (χ1) is 10.5. The molecule has 0 fully saturated rings. The lowest BCUT2D eigenvalue weighted by Crippen LogP contribution is -2.11. The molecular formula is C18H19N3O. The molecule has 2 N–H and O–H groups in total. The van der Waals surface area contributed by atoms with Crippen LogP contribution in [0.3, 0.4) is 0 Å². The molecule has 3 rings (SSSR count). The second kappa shape index (κ2) is 5.30. The van der Waals surface area contributed by atoms with Crippen LogP contribution >= 0.6 is 0 Å². The Labute approximate surface area is 129 Å². The summed E-state index contributed by atoms with van der Waals surface area (Å²) < 4.78 is 0. The van der Waals surface area contributed by atoms with Crippen molar-refractivity contribution in [3.05, 3.63) is 63.1 Å². The van der Waals surface area contributed by atoms with Gasteiger partial charge >= 0.3 is 0 Å². The lowest BCUT2D eigenvalue weighted by atomic mass is 10.0. The summed E-state index contributed by atoms with van der Waals surface area (Å²) in [6, 6.07) is 10.1. The van der Waals surface area contributed by atoms with Crippen LogP contribution in [0.15, 0.2) is 35.1 Å². The van der Waals surface area contributed by atoms with E-state index in [1.807, 2.05) is 25.1 Å². The molecule has 22 heavy (non-hydrogen) atoms. The minimum Gasteiger partial charge on any atom is -0.354 e. The summed E-state index contributed by atoms with van der Waals surface area (Å²) in [5.41, 5.74) is 6.05. The molecule has 0 aliphatic carbocycles. The molecule has 0 amide bonds. The van der Waals surface area contributed by atoms with E-state index in [-0.39, 0.29) is 5.56 Å². The zero-order chi connectivity index (χ0) is 15.9. The van der Waals surface area contributed by atoms with Crippen LogP contribution in [0.2, 0.25) is 0 Å². The third-order valence-corrected chi connectivity index (χ3v) is 3.94. The van der Waals surface area contributed by atoms with Gasteiger partial charge in [0.25, 0.3) is 5.56 Å². The van der Waals surface area contributed by atoms with Gasteiger partial charge in [0.1, 0.15) is 0 Å². The minimum atomic E-state index is -0.175. The SMILES string of the molecule is Cc1cc(C)c(Nc2cccc3c(C)n[nH]c(=O)c23)c(C)c1. The van der Waals surface area contributed by atoms with Crippen molar-refractivity contribution in [1.29, 1.82) is 0 Å². The van der Waals surface area contributed by atoms with Gasteiger partial charge in [-0.3, -0.25) is 4.79 Å². The summed E-state index contributed by atoms with van der Waals surface area (Å²) in [7, 11) is 0. The van der Waals surface area contributed by atoms with Gasteiger partial charge in [-0.15, -0.1) is 0 Å². The summed E-state index contributed by atoms with van der Waals surface area (Å²) in [4.78, 5) is 12.2. The van der Waals surface area contributed by atoms with Crippen LogP contribution in [0.4, 0.5) is 11.4 Å². The van der Waals surface area contributed by atoms with Crippen molar-refractivity contribution in [3.8, 4) is 0 Å². The summed E-state index contributed by atoms with van der Waals surface area (Å²) in [5, 5.41) is 11.5. The number of H-pyrrole nitrogens is 1. The molecule has 0 bridgehead atoms. The average molecular weight is 293 g/mol. The molecule has 0 aliphatic heterocycles. The van der Waals surface area contributed by atoms with Crippen molar-refractivity contribution in [2.45, 2.75) is 27.7 Å². The van der Waals surface area contributed by atoms with Crippen LogP contribution in [-0.2, 0) is 0 Å². The molecule has 1 heterocycles. The van der Waals surface area contributed by atoms with E-state index in [1.54, 1.807) is 0 Å². The maximum Gasteiger partial charge on any atom is 0.274 e. The number of benzene rings is 2. The summed E-state index contributed by atoms with van der Waals surface area (Å²) in [5.74, 6) is 0. The molecule has 112 valence electrons. The van der Waals surface area contributed by atoms with Crippen molar-refractivity contribution in [3.63, 3.8) is 0 Å². The highest BCUT2D eigenvalue weighted by Crippen LogP contribution is 2.29. The standard InChI is InChI=1S/C18H19N3O/c1-10-8-11(2)17(12(3)9-10)19-15-7-5-6-14-13(4)20-21-18(22)16(14)15/h5-9,19H,1-4H3,(H,21,22). The molecule has 3 aromatic rings. The first kappa shape index (κ1) is 14.3. The van der Waals surface area contributed by atoms with Crippen LogP contribution in [-0.4, -0.2) is 10.2 Å². The largest absolute Gasteiger partial charge is 0.354 e. The summed E-state index contributed by atoms with van der Waals surface area (Å²) >= 11 is 0. The molecule has 0 radical (unpaired) electrons. The second-order valence-corrected chi connectivity index (χ2v) is 5.76. The number of aromatic nitrogens is 2. The number of nitrogens with one attached hydrogen (secondary N) is 2. The Bertz CT molecular complexity index is 902. The maximum absolute atomic E-state index is 12.2. The summed E-state index contributed by atoms with van der Waals surface area (Å²) in [6.45, 7) is 8.13. The fraction of sp³-hybridized carbons (Fsp3) is 0.222. The third kappa shape index (κ3) is 2.37. The molecule has 1 aromatic heterocycles. The van der Waals surface area contributed by atoms with E-state index in [4.69, 9.17) is 0 Å². The van der Waals surface area contributed by atoms with Crippen molar-refractivity contribution in [2.75, 3.05) is 5.32 Å². The maximum atomic E-state index is 12.2. The number of aryl methyl sites for hydroxylation is 4. The molecule has 0 unspecified atom stereocenters. The predicted octanol–water partition coefficient (Wildman–Crippen LogP) is 3.90. The Kier molecular flexibility index (Phi) is 3.45. The number of nitrogens with zero attached hydrogens (tertiary/aromatic N) is 1. The Hall–Kier alpha value is -2.62. The molecule has 0 saturated heterocycles. The lowest BCUT2D eigenvalue weighted by Gasteiger charge is -2.15. The Morgan fingerprint density at radius 3 is 2.41 bits per heavy atom. The molecule has 2 aromatic carbocycles. The van der Waals surface area contributed by atoms with E-state index in [9.17, 15) is 4.79 Å². The van der Waals surface area contributed by atoms with Gasteiger partial charge in [-0.05, 0) is 44.9 Å². The molecule has 4 heteroatoms. The van der Waals surface area contributed by atoms with E-state index in [0.717, 1.165) is 33.6 Å². The van der Waals surface area contributed by atoms with E-state index in [2.05, 4.69) is 48.4 Å². The zero-order valence-electron chi connectivity index (χ0n) is 13.2. The highest BCUT2D eigenvalue weighted by atomic mass is 16.1. The van der Waals surface area contributed by atoms with E-state index in [1.165, 1.54) is 5.56 Å². The first-order valence-electron chi connectivity index (χ1n) is 7.30. The average Bonchev–Trinajstić information content (AvgIpc) is 2.46. The van der Waals surface area contributed by atoms with Crippen LogP contribution in [0, 0.1) is 27.7 Å². The molecule has 0 aliphatic rings. The molecular weight excluding hydrogens is 274 g/mol. The highest BCUT2D eigenvalue weighted by molar-refractivity contribution is 5.96. The minimum absolute atomic E-state index is 0.175. The molecule has 4 nitrogen and oxygen atoms in total. The number of anilines is 2. The number of hydrogen-bond donors (Lipinski definition) is 2. The Morgan fingerprint density at radius 2 is 1.73 bits per heavy atom. The van der Waals surface area contributed by atoms with Gasteiger partial charge in [-0.2, -0.15) is 5.10 Å². The predicted molar refractivity (Wildman–Crippen MR) is 91.0 cm³/mol. The van der Waals surface area contributed by atoms with Crippen LogP contribution < -0.4 is 10.9 Å². The smallest absolute Gasteiger partial charge is 0.274 e. The number of aromatic amines is 1. The zero-order valence-corrected chi connectivity index (χ0v) is 13.2.